The van der Waals surface area contributed by atoms with Crippen LogP contribution in [0.15, 0.2) is 24.6 Å². The third-order valence-electron chi connectivity index (χ3n) is 1.53. The van der Waals surface area contributed by atoms with Crippen molar-refractivity contribution in [2.45, 2.75) is 6.92 Å². The second-order valence-corrected chi connectivity index (χ2v) is 3.29. The lowest BCUT2D eigenvalue weighted by molar-refractivity contribution is -0.127. The third-order valence-corrected chi connectivity index (χ3v) is 1.53. The molecule has 0 heterocycles. The maximum Gasteiger partial charge on any atom is 0.271 e. The third kappa shape index (κ3) is 4.41. The maximum absolute atomic E-state index is 11.4. The molecule has 0 rings (SSSR count). The average Bonchev–Trinajstić information content (AvgIpc) is 2.14. The van der Waals surface area contributed by atoms with Crippen LogP contribution in [-0.4, -0.2) is 36.7 Å². The van der Waals surface area contributed by atoms with E-state index in [-0.39, 0.29) is 11.4 Å². The first-order valence-corrected chi connectivity index (χ1v) is 4.44. The summed E-state index contributed by atoms with van der Waals surface area (Å²) in [7, 11) is 3.06. The molecule has 0 aliphatic carbocycles. The molecular formula is C10H15N3O3. The number of carbonyl (C=O) groups is 3. The number of hydrogen-bond donors (Lipinski definition) is 2. The van der Waals surface area contributed by atoms with Gasteiger partial charge in [0.05, 0.1) is 11.4 Å². The highest BCUT2D eigenvalue weighted by Gasteiger charge is 2.14. The highest BCUT2D eigenvalue weighted by Crippen LogP contribution is 1.93. The average molecular weight is 225 g/mol. The minimum absolute atomic E-state index is 0.0819. The Hall–Kier alpha value is -2.11. The number of nitrogens with zero attached hydrogens (tertiary/aromatic N) is 1. The first kappa shape index (κ1) is 13.9. The molecule has 0 saturated heterocycles. The zero-order chi connectivity index (χ0) is 12.9. The normalized spacial score (nSPS) is 8.94. The summed E-state index contributed by atoms with van der Waals surface area (Å²) < 4.78 is 0. The second kappa shape index (κ2) is 5.69. The number of hydrogen-bond acceptors (Lipinski definition) is 3. The molecule has 3 amide bonds. The Morgan fingerprint density at radius 2 is 1.50 bits per heavy atom. The van der Waals surface area contributed by atoms with Gasteiger partial charge in [-0.05, 0) is 0 Å². The quantitative estimate of drug-likeness (QED) is 0.624. The molecule has 0 aliphatic rings. The van der Waals surface area contributed by atoms with E-state index in [1.54, 1.807) is 0 Å². The number of likely N-dealkylation sites (N-methyl/N-ethyl adjacent to an activating group) is 1. The van der Waals surface area contributed by atoms with Crippen LogP contribution in [-0.2, 0) is 14.4 Å². The zero-order valence-corrected chi connectivity index (χ0v) is 9.59. The first-order chi connectivity index (χ1) is 7.25. The summed E-state index contributed by atoms with van der Waals surface area (Å²) >= 11 is 0. The van der Waals surface area contributed by atoms with Gasteiger partial charge in [0.25, 0.3) is 11.8 Å². The predicted molar refractivity (Wildman–Crippen MR) is 58.9 cm³/mol. The Morgan fingerprint density at radius 3 is 1.88 bits per heavy atom. The largest absolute Gasteiger partial charge is 0.344 e. The molecule has 0 bridgehead atoms. The summed E-state index contributed by atoms with van der Waals surface area (Å²) in [6.07, 6.45) is 0. The summed E-state index contributed by atoms with van der Waals surface area (Å²) in [4.78, 5) is 34.6. The van der Waals surface area contributed by atoms with Gasteiger partial charge in [-0.25, -0.2) is 0 Å². The van der Waals surface area contributed by atoms with E-state index in [0.29, 0.717) is 0 Å². The van der Waals surface area contributed by atoms with Gasteiger partial charge in [0.1, 0.15) is 0 Å². The van der Waals surface area contributed by atoms with E-state index in [4.69, 9.17) is 0 Å². The maximum atomic E-state index is 11.4. The van der Waals surface area contributed by atoms with Gasteiger partial charge in [0.15, 0.2) is 0 Å². The Bertz CT molecular complexity index is 358. The van der Waals surface area contributed by atoms with Crippen molar-refractivity contribution in [2.75, 3.05) is 14.1 Å². The lowest BCUT2D eigenvalue weighted by atomic mass is 10.3. The van der Waals surface area contributed by atoms with E-state index in [2.05, 4.69) is 23.8 Å². The van der Waals surface area contributed by atoms with E-state index in [0.717, 1.165) is 0 Å². The monoisotopic (exact) mass is 225 g/mol. The van der Waals surface area contributed by atoms with Gasteiger partial charge in [-0.3, -0.25) is 14.4 Å². The van der Waals surface area contributed by atoms with Crippen LogP contribution < -0.4 is 10.6 Å². The fraction of sp³-hybridized carbons (Fsp3) is 0.300. The summed E-state index contributed by atoms with van der Waals surface area (Å²) in [5.74, 6) is -1.51. The molecule has 16 heavy (non-hydrogen) atoms. The fourth-order valence-electron chi connectivity index (χ4n) is 0.805. The smallest absolute Gasteiger partial charge is 0.271 e. The van der Waals surface area contributed by atoms with Crippen molar-refractivity contribution in [1.82, 2.24) is 15.5 Å². The van der Waals surface area contributed by atoms with Crippen LogP contribution >= 0.6 is 0 Å². The number of amides is 3. The highest BCUT2D eigenvalue weighted by atomic mass is 16.2. The van der Waals surface area contributed by atoms with Gasteiger partial charge in [0, 0.05) is 21.0 Å². The Kier molecular flexibility index (Phi) is 4.94. The van der Waals surface area contributed by atoms with E-state index < -0.39 is 17.7 Å². The highest BCUT2D eigenvalue weighted by molar-refractivity contribution is 6.02. The van der Waals surface area contributed by atoms with E-state index >= 15 is 0 Å². The molecule has 0 spiro atoms. The zero-order valence-electron chi connectivity index (χ0n) is 9.59. The molecule has 0 unspecified atom stereocenters. The molecule has 0 radical (unpaired) electrons. The van der Waals surface area contributed by atoms with Gasteiger partial charge in [-0.15, -0.1) is 0 Å². The summed E-state index contributed by atoms with van der Waals surface area (Å²) in [6, 6.07) is 0. The SMILES string of the molecule is C=C(NC(C)=O)C(=O)NC(=C)C(=O)N(C)C. The molecule has 0 aromatic carbocycles. The topological polar surface area (TPSA) is 78.5 Å². The molecule has 88 valence electrons. The molecule has 6 nitrogen and oxygen atoms in total. The van der Waals surface area contributed by atoms with Crippen molar-refractivity contribution in [3.8, 4) is 0 Å². The molecule has 2 N–H and O–H groups in total. The van der Waals surface area contributed by atoms with Crippen LogP contribution in [0.3, 0.4) is 0 Å². The lowest BCUT2D eigenvalue weighted by Crippen LogP contribution is -2.37. The van der Waals surface area contributed by atoms with Gasteiger partial charge >= 0.3 is 0 Å². The standard InChI is InChI=1S/C10H15N3O3/c1-6(11-8(3)14)9(15)12-7(2)10(16)13(4)5/h1-2H2,3-5H3,(H,11,14)(H,12,15). The van der Waals surface area contributed by atoms with Gasteiger partial charge < -0.3 is 15.5 Å². The molecule has 0 saturated carbocycles. The summed E-state index contributed by atoms with van der Waals surface area (Å²) in [6.45, 7) is 7.99. The van der Waals surface area contributed by atoms with Crippen molar-refractivity contribution < 1.29 is 14.4 Å². The van der Waals surface area contributed by atoms with E-state index in [1.807, 2.05) is 0 Å². The lowest BCUT2D eigenvalue weighted by Gasteiger charge is -2.13. The molecule has 6 heteroatoms. The van der Waals surface area contributed by atoms with Gasteiger partial charge in [0.2, 0.25) is 5.91 Å². The minimum Gasteiger partial charge on any atom is -0.344 e. The van der Waals surface area contributed by atoms with Crippen molar-refractivity contribution in [3.63, 3.8) is 0 Å². The van der Waals surface area contributed by atoms with E-state index in [9.17, 15) is 14.4 Å². The summed E-state index contributed by atoms with van der Waals surface area (Å²) in [5, 5.41) is 4.43. The fourth-order valence-corrected chi connectivity index (χ4v) is 0.805. The molecule has 0 fully saturated rings. The van der Waals surface area contributed by atoms with Gasteiger partial charge in [-0.2, -0.15) is 0 Å². The van der Waals surface area contributed by atoms with Crippen LogP contribution in [0, 0.1) is 0 Å². The van der Waals surface area contributed by atoms with Crippen molar-refractivity contribution >= 4 is 17.7 Å². The van der Waals surface area contributed by atoms with Crippen molar-refractivity contribution in [2.24, 2.45) is 0 Å². The molecule has 0 aliphatic heterocycles. The predicted octanol–water partition coefficient (Wildman–Crippen LogP) is -0.646. The first-order valence-electron chi connectivity index (χ1n) is 4.44. The van der Waals surface area contributed by atoms with Crippen LogP contribution in [0.2, 0.25) is 0 Å². The van der Waals surface area contributed by atoms with Crippen LogP contribution in [0.5, 0.6) is 0 Å². The van der Waals surface area contributed by atoms with Crippen LogP contribution in [0.4, 0.5) is 0 Å². The Morgan fingerprint density at radius 1 is 1.00 bits per heavy atom. The minimum atomic E-state index is -0.671. The van der Waals surface area contributed by atoms with Crippen molar-refractivity contribution in [3.05, 3.63) is 24.6 Å². The number of carbonyl (C=O) groups excluding carboxylic acids is 3. The Labute approximate surface area is 94.0 Å². The van der Waals surface area contributed by atoms with Crippen LogP contribution in [0.1, 0.15) is 6.92 Å². The summed E-state index contributed by atoms with van der Waals surface area (Å²) in [5.41, 5.74) is -0.221. The number of nitrogens with one attached hydrogen (secondary N) is 2. The molecule has 0 atom stereocenters. The van der Waals surface area contributed by atoms with Gasteiger partial charge in [-0.1, -0.05) is 13.2 Å². The molecular weight excluding hydrogens is 210 g/mol. The van der Waals surface area contributed by atoms with E-state index in [1.165, 1.54) is 25.9 Å². The Balaban J connectivity index is 4.36. The second-order valence-electron chi connectivity index (χ2n) is 3.29. The van der Waals surface area contributed by atoms with Crippen LogP contribution in [0.25, 0.3) is 0 Å². The molecule has 0 aromatic heterocycles. The number of rotatable bonds is 4. The molecule has 0 aromatic rings. The van der Waals surface area contributed by atoms with Crippen molar-refractivity contribution in [1.29, 1.82) is 0 Å².